The van der Waals surface area contributed by atoms with Crippen molar-refractivity contribution in [2.45, 2.75) is 19.1 Å². The van der Waals surface area contributed by atoms with E-state index in [1.54, 1.807) is 12.1 Å². The molecule has 2 N–H and O–H groups in total. The van der Waals surface area contributed by atoms with Gasteiger partial charge in [0.1, 0.15) is 11.3 Å². The van der Waals surface area contributed by atoms with E-state index in [9.17, 15) is 9.90 Å². The standard InChI is InChI=1S/C18H17NO3/c20-16(13-6-2-1-3-7-13)11-18(21)19-12-15-10-14-8-4-5-9-17(14)22-15/h1-10,16,20H,11-12H2,(H,19,21). The lowest BCUT2D eigenvalue weighted by Gasteiger charge is -2.10. The summed E-state index contributed by atoms with van der Waals surface area (Å²) in [6.45, 7) is 0.315. The maximum atomic E-state index is 11.9. The topological polar surface area (TPSA) is 62.5 Å². The van der Waals surface area contributed by atoms with Gasteiger partial charge in [0.2, 0.25) is 5.91 Å². The molecule has 1 amide bonds. The first-order chi connectivity index (χ1) is 10.7. The highest BCUT2D eigenvalue weighted by atomic mass is 16.3. The van der Waals surface area contributed by atoms with E-state index in [2.05, 4.69) is 5.32 Å². The van der Waals surface area contributed by atoms with Crippen LogP contribution in [0.4, 0.5) is 0 Å². The number of para-hydroxylation sites is 1. The van der Waals surface area contributed by atoms with Crippen LogP contribution in [0.2, 0.25) is 0 Å². The van der Waals surface area contributed by atoms with Crippen LogP contribution < -0.4 is 5.32 Å². The Balaban J connectivity index is 1.56. The third-order valence-corrected chi connectivity index (χ3v) is 3.50. The molecule has 22 heavy (non-hydrogen) atoms. The Bertz CT molecular complexity index is 731. The first-order valence-corrected chi connectivity index (χ1v) is 7.19. The van der Waals surface area contributed by atoms with Crippen LogP contribution in [0.1, 0.15) is 23.8 Å². The molecular formula is C18H17NO3. The first kappa shape index (κ1) is 14.4. The molecule has 1 heterocycles. The van der Waals surface area contributed by atoms with Gasteiger partial charge < -0.3 is 14.8 Å². The van der Waals surface area contributed by atoms with Crippen LogP contribution in [0.3, 0.4) is 0 Å². The first-order valence-electron chi connectivity index (χ1n) is 7.19. The molecule has 0 aliphatic heterocycles. The van der Waals surface area contributed by atoms with E-state index in [-0.39, 0.29) is 12.3 Å². The van der Waals surface area contributed by atoms with E-state index in [0.29, 0.717) is 12.3 Å². The minimum Gasteiger partial charge on any atom is -0.459 e. The average molecular weight is 295 g/mol. The summed E-state index contributed by atoms with van der Waals surface area (Å²) in [7, 11) is 0. The van der Waals surface area contributed by atoms with E-state index in [1.807, 2.05) is 48.5 Å². The van der Waals surface area contributed by atoms with Crippen molar-refractivity contribution < 1.29 is 14.3 Å². The van der Waals surface area contributed by atoms with Crippen molar-refractivity contribution in [1.29, 1.82) is 0 Å². The number of rotatable bonds is 5. The lowest BCUT2D eigenvalue weighted by Crippen LogP contribution is -2.24. The number of fused-ring (bicyclic) bond motifs is 1. The molecule has 1 atom stereocenters. The number of furan rings is 1. The molecule has 4 heteroatoms. The summed E-state index contributed by atoms with van der Waals surface area (Å²) < 4.78 is 5.63. The summed E-state index contributed by atoms with van der Waals surface area (Å²) in [6.07, 6.45) is -0.763. The maximum absolute atomic E-state index is 11.9. The van der Waals surface area contributed by atoms with Crippen molar-refractivity contribution in [3.8, 4) is 0 Å². The molecule has 0 aliphatic carbocycles. The molecule has 3 rings (SSSR count). The second kappa shape index (κ2) is 6.45. The van der Waals surface area contributed by atoms with Gasteiger partial charge in [-0.3, -0.25) is 4.79 Å². The fourth-order valence-corrected chi connectivity index (χ4v) is 2.35. The summed E-state index contributed by atoms with van der Waals surface area (Å²) in [4.78, 5) is 11.9. The van der Waals surface area contributed by atoms with Gasteiger partial charge in [-0.1, -0.05) is 48.5 Å². The highest BCUT2D eigenvalue weighted by Gasteiger charge is 2.13. The molecule has 0 fully saturated rings. The molecule has 2 aromatic carbocycles. The molecule has 1 aromatic heterocycles. The van der Waals surface area contributed by atoms with Crippen molar-refractivity contribution in [3.63, 3.8) is 0 Å². The summed E-state index contributed by atoms with van der Waals surface area (Å²) in [5.41, 5.74) is 1.54. The summed E-state index contributed by atoms with van der Waals surface area (Å²) in [5, 5.41) is 13.8. The number of hydrogen-bond donors (Lipinski definition) is 2. The summed E-state index contributed by atoms with van der Waals surface area (Å²) >= 11 is 0. The number of amides is 1. The van der Waals surface area contributed by atoms with Crippen LogP contribution in [0, 0.1) is 0 Å². The molecule has 0 aliphatic rings. The number of carbonyl (C=O) groups excluding carboxylic acids is 1. The fraction of sp³-hybridized carbons (Fsp3) is 0.167. The predicted molar refractivity (Wildman–Crippen MR) is 84.1 cm³/mol. The Labute approximate surface area is 128 Å². The summed E-state index contributed by atoms with van der Waals surface area (Å²) in [6, 6.07) is 18.8. The van der Waals surface area contributed by atoms with Crippen LogP contribution >= 0.6 is 0 Å². The van der Waals surface area contributed by atoms with Gasteiger partial charge in [0.15, 0.2) is 0 Å². The average Bonchev–Trinajstić information content (AvgIpc) is 2.96. The quantitative estimate of drug-likeness (QED) is 0.760. The number of carbonyl (C=O) groups is 1. The van der Waals surface area contributed by atoms with Gasteiger partial charge in [-0.25, -0.2) is 0 Å². The Morgan fingerprint density at radius 1 is 1.09 bits per heavy atom. The van der Waals surface area contributed by atoms with E-state index >= 15 is 0 Å². The van der Waals surface area contributed by atoms with Gasteiger partial charge in [0, 0.05) is 5.39 Å². The lowest BCUT2D eigenvalue weighted by atomic mass is 10.1. The van der Waals surface area contributed by atoms with Crippen molar-refractivity contribution in [2.24, 2.45) is 0 Å². The highest BCUT2D eigenvalue weighted by molar-refractivity contribution is 5.78. The van der Waals surface area contributed by atoms with Crippen LogP contribution in [-0.4, -0.2) is 11.0 Å². The molecule has 4 nitrogen and oxygen atoms in total. The van der Waals surface area contributed by atoms with E-state index in [0.717, 1.165) is 16.5 Å². The van der Waals surface area contributed by atoms with Crippen LogP contribution in [0.5, 0.6) is 0 Å². The molecule has 0 radical (unpaired) electrons. The van der Waals surface area contributed by atoms with Crippen molar-refractivity contribution in [2.75, 3.05) is 0 Å². The monoisotopic (exact) mass is 295 g/mol. The Hall–Kier alpha value is -2.59. The third-order valence-electron chi connectivity index (χ3n) is 3.50. The molecule has 0 saturated carbocycles. The minimum absolute atomic E-state index is 0.0320. The number of aliphatic hydroxyl groups excluding tert-OH is 1. The fourth-order valence-electron chi connectivity index (χ4n) is 2.35. The van der Waals surface area contributed by atoms with Gasteiger partial charge in [-0.2, -0.15) is 0 Å². The zero-order chi connectivity index (χ0) is 15.4. The molecule has 0 bridgehead atoms. The number of nitrogens with one attached hydrogen (secondary N) is 1. The van der Waals surface area contributed by atoms with E-state index in [4.69, 9.17) is 4.42 Å². The maximum Gasteiger partial charge on any atom is 0.223 e. The largest absolute Gasteiger partial charge is 0.459 e. The van der Waals surface area contributed by atoms with Crippen LogP contribution in [0.15, 0.2) is 65.1 Å². The normalized spacial score (nSPS) is 12.2. The molecule has 3 aromatic rings. The van der Waals surface area contributed by atoms with Crippen LogP contribution in [0.25, 0.3) is 11.0 Å². The van der Waals surface area contributed by atoms with Gasteiger partial charge in [-0.15, -0.1) is 0 Å². The minimum atomic E-state index is -0.795. The molecular weight excluding hydrogens is 278 g/mol. The van der Waals surface area contributed by atoms with Gasteiger partial charge in [0.25, 0.3) is 0 Å². The molecule has 0 spiro atoms. The Kier molecular flexibility index (Phi) is 4.21. The number of hydrogen-bond acceptors (Lipinski definition) is 3. The van der Waals surface area contributed by atoms with Crippen molar-refractivity contribution in [1.82, 2.24) is 5.32 Å². The second-order valence-electron chi connectivity index (χ2n) is 5.16. The van der Waals surface area contributed by atoms with Gasteiger partial charge >= 0.3 is 0 Å². The van der Waals surface area contributed by atoms with Crippen molar-refractivity contribution >= 4 is 16.9 Å². The Morgan fingerprint density at radius 2 is 1.82 bits per heavy atom. The zero-order valence-corrected chi connectivity index (χ0v) is 12.0. The SMILES string of the molecule is O=C(CC(O)c1ccccc1)NCc1cc2ccccc2o1. The molecule has 0 saturated heterocycles. The van der Waals surface area contributed by atoms with E-state index in [1.165, 1.54) is 0 Å². The molecule has 1 unspecified atom stereocenters. The van der Waals surface area contributed by atoms with E-state index < -0.39 is 6.10 Å². The van der Waals surface area contributed by atoms with Crippen LogP contribution in [-0.2, 0) is 11.3 Å². The number of benzene rings is 2. The lowest BCUT2D eigenvalue weighted by molar-refractivity contribution is -0.123. The molecule has 112 valence electrons. The Morgan fingerprint density at radius 3 is 2.59 bits per heavy atom. The highest BCUT2D eigenvalue weighted by Crippen LogP contribution is 2.19. The summed E-state index contributed by atoms with van der Waals surface area (Å²) in [5.74, 6) is 0.487. The van der Waals surface area contributed by atoms with Gasteiger partial charge in [0.05, 0.1) is 19.1 Å². The predicted octanol–water partition coefficient (Wildman–Crippen LogP) is 3.17. The third kappa shape index (κ3) is 3.35. The second-order valence-corrected chi connectivity index (χ2v) is 5.16. The van der Waals surface area contributed by atoms with Gasteiger partial charge in [-0.05, 0) is 17.7 Å². The number of aliphatic hydroxyl groups is 1. The smallest absolute Gasteiger partial charge is 0.223 e. The zero-order valence-electron chi connectivity index (χ0n) is 12.0. The van der Waals surface area contributed by atoms with Crippen molar-refractivity contribution in [3.05, 3.63) is 72.0 Å².